The van der Waals surface area contributed by atoms with E-state index in [1.54, 1.807) is 18.2 Å². The molecule has 0 bridgehead atoms. The molecule has 1 fully saturated rings. The summed E-state index contributed by atoms with van der Waals surface area (Å²) in [6.45, 7) is 7.51. The van der Waals surface area contributed by atoms with E-state index < -0.39 is 5.97 Å². The highest BCUT2D eigenvalue weighted by Crippen LogP contribution is 2.20. The number of carbonyl (C=O) groups excluding carboxylic acids is 1. The van der Waals surface area contributed by atoms with Crippen molar-refractivity contribution in [1.29, 1.82) is 0 Å². The predicted octanol–water partition coefficient (Wildman–Crippen LogP) is 2.73. The van der Waals surface area contributed by atoms with Crippen LogP contribution in [0.15, 0.2) is 24.3 Å². The van der Waals surface area contributed by atoms with E-state index in [9.17, 15) is 9.59 Å². The molecule has 1 aromatic carbocycles. The molecular formula is C18H25NO4. The zero-order valence-corrected chi connectivity index (χ0v) is 14.0. The van der Waals surface area contributed by atoms with Crippen molar-refractivity contribution in [2.75, 3.05) is 13.1 Å². The fourth-order valence-electron chi connectivity index (χ4n) is 2.82. The van der Waals surface area contributed by atoms with Gasteiger partial charge in [0, 0.05) is 13.1 Å². The van der Waals surface area contributed by atoms with Crippen LogP contribution in [-0.4, -0.2) is 46.7 Å². The number of carbonyl (C=O) groups is 2. The molecule has 5 heteroatoms. The molecule has 0 radical (unpaired) electrons. The van der Waals surface area contributed by atoms with Gasteiger partial charge in [0.2, 0.25) is 5.91 Å². The molecule has 126 valence electrons. The van der Waals surface area contributed by atoms with E-state index in [0.29, 0.717) is 13.1 Å². The van der Waals surface area contributed by atoms with E-state index in [0.717, 1.165) is 18.4 Å². The van der Waals surface area contributed by atoms with Crippen LogP contribution in [0, 0.1) is 0 Å². The molecule has 1 saturated heterocycles. The van der Waals surface area contributed by atoms with Gasteiger partial charge < -0.3 is 14.7 Å². The Hall–Kier alpha value is -1.88. The summed E-state index contributed by atoms with van der Waals surface area (Å²) in [5.74, 6) is -0.929. The quantitative estimate of drug-likeness (QED) is 0.926. The normalized spacial score (nSPS) is 16.4. The van der Waals surface area contributed by atoms with Crippen molar-refractivity contribution in [3.8, 4) is 0 Å². The van der Waals surface area contributed by atoms with E-state index in [2.05, 4.69) is 0 Å². The number of hydrogen-bond acceptors (Lipinski definition) is 3. The highest BCUT2D eigenvalue weighted by Gasteiger charge is 2.26. The van der Waals surface area contributed by atoms with Crippen molar-refractivity contribution in [1.82, 2.24) is 4.90 Å². The van der Waals surface area contributed by atoms with E-state index >= 15 is 0 Å². The van der Waals surface area contributed by atoms with Gasteiger partial charge in [-0.05, 0) is 51.3 Å². The van der Waals surface area contributed by atoms with Crippen molar-refractivity contribution in [3.63, 3.8) is 0 Å². The van der Waals surface area contributed by atoms with E-state index in [4.69, 9.17) is 9.84 Å². The average molecular weight is 319 g/mol. The van der Waals surface area contributed by atoms with Crippen LogP contribution in [0.25, 0.3) is 0 Å². The van der Waals surface area contributed by atoms with E-state index in [-0.39, 0.29) is 29.6 Å². The van der Waals surface area contributed by atoms with Gasteiger partial charge in [-0.3, -0.25) is 4.79 Å². The first-order valence-electron chi connectivity index (χ1n) is 8.02. The maximum Gasteiger partial charge on any atom is 0.335 e. The molecule has 1 aliphatic rings. The first-order chi connectivity index (χ1) is 10.7. The Balaban J connectivity index is 1.88. The molecule has 23 heavy (non-hydrogen) atoms. The Kier molecular flexibility index (Phi) is 5.42. The summed E-state index contributed by atoms with van der Waals surface area (Å²) in [6.07, 6.45) is 2.14. The van der Waals surface area contributed by atoms with Gasteiger partial charge in [-0.15, -0.1) is 0 Å². The maximum absolute atomic E-state index is 12.4. The number of ether oxygens (including phenoxy) is 1. The molecule has 2 rings (SSSR count). The minimum absolute atomic E-state index is 0.0433. The maximum atomic E-state index is 12.4. The number of carboxylic acid groups (broad SMARTS) is 1. The molecular weight excluding hydrogens is 294 g/mol. The fraction of sp³-hybridized carbons (Fsp3) is 0.556. The fourth-order valence-corrected chi connectivity index (χ4v) is 2.82. The van der Waals surface area contributed by atoms with Crippen molar-refractivity contribution >= 4 is 11.9 Å². The molecule has 1 aromatic rings. The summed E-state index contributed by atoms with van der Waals surface area (Å²) in [6, 6.07) is 6.57. The molecule has 0 saturated carbocycles. The second-order valence-corrected chi connectivity index (χ2v) is 6.99. The van der Waals surface area contributed by atoms with Gasteiger partial charge in [0.1, 0.15) is 0 Å². The summed E-state index contributed by atoms with van der Waals surface area (Å²) < 4.78 is 5.96. The van der Waals surface area contributed by atoms with Crippen LogP contribution >= 0.6 is 0 Å². The van der Waals surface area contributed by atoms with Gasteiger partial charge in [-0.25, -0.2) is 4.79 Å². The summed E-state index contributed by atoms with van der Waals surface area (Å²) in [7, 11) is 0. The van der Waals surface area contributed by atoms with E-state index in [1.165, 1.54) is 6.07 Å². The van der Waals surface area contributed by atoms with E-state index in [1.807, 2.05) is 25.7 Å². The molecule has 1 aliphatic heterocycles. The van der Waals surface area contributed by atoms with Crippen LogP contribution in [0.3, 0.4) is 0 Å². The van der Waals surface area contributed by atoms with Gasteiger partial charge in [0.05, 0.1) is 23.7 Å². The minimum atomic E-state index is -0.973. The number of amides is 1. The van der Waals surface area contributed by atoms with Gasteiger partial charge >= 0.3 is 5.97 Å². The number of piperidine rings is 1. The Morgan fingerprint density at radius 1 is 1.26 bits per heavy atom. The molecule has 0 unspecified atom stereocenters. The molecule has 5 nitrogen and oxygen atoms in total. The van der Waals surface area contributed by atoms with Gasteiger partial charge in [0.25, 0.3) is 0 Å². The van der Waals surface area contributed by atoms with Gasteiger partial charge in [-0.1, -0.05) is 12.1 Å². The van der Waals surface area contributed by atoms with Crippen molar-refractivity contribution in [2.24, 2.45) is 0 Å². The number of carboxylic acids is 1. The minimum Gasteiger partial charge on any atom is -0.478 e. The van der Waals surface area contributed by atoms with Crippen LogP contribution in [0.1, 0.15) is 49.5 Å². The van der Waals surface area contributed by atoms with Crippen LogP contribution in [-0.2, 0) is 16.0 Å². The van der Waals surface area contributed by atoms with Crippen LogP contribution in [0.4, 0.5) is 0 Å². The molecule has 1 heterocycles. The largest absolute Gasteiger partial charge is 0.478 e. The van der Waals surface area contributed by atoms with Crippen molar-refractivity contribution in [3.05, 3.63) is 35.4 Å². The summed E-state index contributed by atoms with van der Waals surface area (Å²) in [5.41, 5.74) is 0.796. The second kappa shape index (κ2) is 7.13. The number of aromatic carboxylic acids is 1. The molecule has 1 amide bonds. The van der Waals surface area contributed by atoms with Crippen molar-refractivity contribution < 1.29 is 19.4 Å². The lowest BCUT2D eigenvalue weighted by Gasteiger charge is -2.35. The highest BCUT2D eigenvalue weighted by atomic mass is 16.5. The van der Waals surface area contributed by atoms with Crippen LogP contribution < -0.4 is 0 Å². The van der Waals surface area contributed by atoms with Crippen LogP contribution in [0.2, 0.25) is 0 Å². The van der Waals surface area contributed by atoms with Crippen LogP contribution in [0.5, 0.6) is 0 Å². The molecule has 0 aliphatic carbocycles. The Morgan fingerprint density at radius 2 is 1.91 bits per heavy atom. The molecule has 0 atom stereocenters. The number of hydrogen-bond donors (Lipinski definition) is 1. The topological polar surface area (TPSA) is 66.8 Å². The lowest BCUT2D eigenvalue weighted by atomic mass is 10.0. The lowest BCUT2D eigenvalue weighted by molar-refractivity contribution is -0.135. The summed E-state index contributed by atoms with van der Waals surface area (Å²) in [5, 5.41) is 9.00. The van der Waals surface area contributed by atoms with Crippen molar-refractivity contribution in [2.45, 2.75) is 51.7 Å². The standard InChI is InChI=1S/C18H25NO4/c1-18(2,3)23-15-7-9-19(10-8-15)16(20)12-13-5-4-6-14(11-13)17(21)22/h4-6,11,15H,7-10,12H2,1-3H3,(H,21,22). The molecule has 1 N–H and O–H groups in total. The zero-order chi connectivity index (χ0) is 17.0. The first-order valence-corrected chi connectivity index (χ1v) is 8.02. The third kappa shape index (κ3) is 5.36. The Labute approximate surface area is 137 Å². The molecule has 0 aromatic heterocycles. The third-order valence-corrected chi connectivity index (χ3v) is 3.84. The Morgan fingerprint density at radius 3 is 2.48 bits per heavy atom. The number of benzene rings is 1. The predicted molar refractivity (Wildman–Crippen MR) is 87.5 cm³/mol. The number of nitrogens with zero attached hydrogens (tertiary/aromatic N) is 1. The zero-order valence-electron chi connectivity index (χ0n) is 14.0. The molecule has 0 spiro atoms. The number of likely N-dealkylation sites (tertiary alicyclic amines) is 1. The lowest BCUT2D eigenvalue weighted by Crippen LogP contribution is -2.43. The smallest absolute Gasteiger partial charge is 0.335 e. The van der Waals surface area contributed by atoms with Gasteiger partial charge in [0.15, 0.2) is 0 Å². The third-order valence-electron chi connectivity index (χ3n) is 3.84. The average Bonchev–Trinajstić information content (AvgIpc) is 2.46. The monoisotopic (exact) mass is 319 g/mol. The first kappa shape index (κ1) is 17.5. The summed E-state index contributed by atoms with van der Waals surface area (Å²) in [4.78, 5) is 25.2. The van der Waals surface area contributed by atoms with Gasteiger partial charge in [-0.2, -0.15) is 0 Å². The summed E-state index contributed by atoms with van der Waals surface area (Å²) >= 11 is 0. The SMILES string of the molecule is CC(C)(C)OC1CCN(C(=O)Cc2cccc(C(=O)O)c2)CC1. The highest BCUT2D eigenvalue weighted by molar-refractivity contribution is 5.88. The number of rotatable bonds is 4. The second-order valence-electron chi connectivity index (χ2n) is 6.99. The Bertz CT molecular complexity index is 569.